The fraction of sp³-hybridized carbons (Fsp3) is 0.400. The van der Waals surface area contributed by atoms with Gasteiger partial charge in [-0.3, -0.25) is 9.59 Å². The van der Waals surface area contributed by atoms with Gasteiger partial charge in [-0.05, 0) is 18.6 Å². The van der Waals surface area contributed by atoms with E-state index < -0.39 is 34.8 Å². The molecule has 0 saturated heterocycles. The zero-order chi connectivity index (χ0) is 18.3. The zero-order valence-electron chi connectivity index (χ0n) is 12.9. The van der Waals surface area contributed by atoms with Gasteiger partial charge in [0.25, 0.3) is 0 Å². The van der Waals surface area contributed by atoms with Crippen molar-refractivity contribution < 1.29 is 37.0 Å². The predicted octanol–water partition coefficient (Wildman–Crippen LogP) is 1.70. The summed E-state index contributed by atoms with van der Waals surface area (Å²) in [5.74, 6) is -1.42. The van der Waals surface area contributed by atoms with Crippen LogP contribution in [0.2, 0.25) is 0 Å². The van der Waals surface area contributed by atoms with E-state index in [2.05, 4.69) is 14.5 Å². The Labute approximate surface area is 134 Å². The van der Waals surface area contributed by atoms with E-state index >= 15 is 0 Å². The summed E-state index contributed by atoms with van der Waals surface area (Å²) in [6.45, 7) is 1.45. The third-order valence-electron chi connectivity index (χ3n) is 3.80. The van der Waals surface area contributed by atoms with Crippen LogP contribution in [0.1, 0.15) is 13.3 Å². The number of rotatable bonds is 2. The predicted molar refractivity (Wildman–Crippen MR) is 74.6 cm³/mol. The van der Waals surface area contributed by atoms with Gasteiger partial charge in [0.1, 0.15) is 5.94 Å². The fourth-order valence-electron chi connectivity index (χ4n) is 2.80. The minimum Gasteiger partial charge on any atom is -0.468 e. The SMILES string of the molecule is COC(=O)C1(C(=O)OC)C2=CC(=C=O)CC(C)=C2N=C1C(F)(F)F. The van der Waals surface area contributed by atoms with Crippen LogP contribution in [-0.4, -0.2) is 44.0 Å². The van der Waals surface area contributed by atoms with E-state index in [0.717, 1.165) is 20.3 Å². The van der Waals surface area contributed by atoms with Crippen LogP contribution < -0.4 is 0 Å². The smallest absolute Gasteiger partial charge is 0.431 e. The number of hydrogen-bond acceptors (Lipinski definition) is 6. The first-order chi connectivity index (χ1) is 11.1. The second-order valence-corrected chi connectivity index (χ2v) is 5.18. The first kappa shape index (κ1) is 17.7. The van der Waals surface area contributed by atoms with Crippen molar-refractivity contribution in [2.24, 2.45) is 10.4 Å². The molecule has 24 heavy (non-hydrogen) atoms. The first-order valence-corrected chi connectivity index (χ1v) is 6.64. The van der Waals surface area contributed by atoms with Crippen LogP contribution >= 0.6 is 0 Å². The highest BCUT2D eigenvalue weighted by Crippen LogP contribution is 2.51. The van der Waals surface area contributed by atoms with E-state index in [0.29, 0.717) is 5.57 Å². The van der Waals surface area contributed by atoms with Gasteiger partial charge in [0, 0.05) is 17.6 Å². The molecule has 0 unspecified atom stereocenters. The third-order valence-corrected chi connectivity index (χ3v) is 3.80. The Kier molecular flexibility index (Phi) is 4.24. The lowest BCUT2D eigenvalue weighted by molar-refractivity contribution is -0.163. The molecular weight excluding hydrogens is 331 g/mol. The molecule has 0 atom stereocenters. The maximum Gasteiger partial charge on any atom is 0.431 e. The molecule has 1 aliphatic carbocycles. The molecule has 0 aromatic carbocycles. The Bertz CT molecular complexity index is 750. The lowest BCUT2D eigenvalue weighted by atomic mass is 9.73. The average molecular weight is 343 g/mol. The summed E-state index contributed by atoms with van der Waals surface area (Å²) in [4.78, 5) is 39.0. The standard InChI is InChI=1S/C15H12F3NO5/c1-7-4-8(6-20)5-9-10(7)19-11(15(16,17)18)14(9,12(21)23-2)13(22)24-3/h5H,4H2,1-3H3. The number of aliphatic imine (C=N–C) groups is 1. The Morgan fingerprint density at radius 3 is 2.21 bits per heavy atom. The molecule has 2 rings (SSSR count). The summed E-state index contributed by atoms with van der Waals surface area (Å²) in [5, 5.41) is 0. The number of carbonyl (C=O) groups excluding carboxylic acids is 3. The van der Waals surface area contributed by atoms with Crippen LogP contribution in [0.25, 0.3) is 0 Å². The topological polar surface area (TPSA) is 82.0 Å². The molecule has 0 amide bonds. The maximum atomic E-state index is 13.5. The number of hydrogen-bond donors (Lipinski definition) is 0. The molecule has 128 valence electrons. The summed E-state index contributed by atoms with van der Waals surface area (Å²) in [6.07, 6.45) is -4.08. The van der Waals surface area contributed by atoms with Crippen LogP contribution in [0.5, 0.6) is 0 Å². The summed E-state index contributed by atoms with van der Waals surface area (Å²) in [6, 6.07) is 0. The van der Waals surface area contributed by atoms with Crippen molar-refractivity contribution in [3.05, 3.63) is 28.5 Å². The highest BCUT2D eigenvalue weighted by Gasteiger charge is 2.67. The van der Waals surface area contributed by atoms with Crippen molar-refractivity contribution in [3.63, 3.8) is 0 Å². The summed E-state index contributed by atoms with van der Waals surface area (Å²) >= 11 is 0. The third kappa shape index (κ3) is 2.28. The summed E-state index contributed by atoms with van der Waals surface area (Å²) in [7, 11) is 1.69. The van der Waals surface area contributed by atoms with E-state index in [1.165, 1.54) is 6.92 Å². The van der Waals surface area contributed by atoms with Gasteiger partial charge in [-0.25, -0.2) is 9.79 Å². The van der Waals surface area contributed by atoms with Gasteiger partial charge in [-0.15, -0.1) is 0 Å². The Hall–Kier alpha value is -2.67. The van der Waals surface area contributed by atoms with Crippen LogP contribution in [-0.2, 0) is 23.9 Å². The molecule has 0 spiro atoms. The maximum absolute atomic E-state index is 13.5. The second-order valence-electron chi connectivity index (χ2n) is 5.18. The molecule has 1 aliphatic heterocycles. The molecule has 0 saturated carbocycles. The van der Waals surface area contributed by atoms with Crippen molar-refractivity contribution in [1.29, 1.82) is 0 Å². The van der Waals surface area contributed by atoms with Crippen LogP contribution in [0.4, 0.5) is 13.2 Å². The van der Waals surface area contributed by atoms with E-state index in [1.807, 2.05) is 0 Å². The molecule has 0 bridgehead atoms. The van der Waals surface area contributed by atoms with E-state index in [9.17, 15) is 27.6 Å². The molecule has 9 heteroatoms. The lowest BCUT2D eigenvalue weighted by Gasteiger charge is -2.28. The number of alkyl halides is 3. The average Bonchev–Trinajstić information content (AvgIpc) is 2.89. The number of fused-ring (bicyclic) bond motifs is 1. The van der Waals surface area contributed by atoms with E-state index in [-0.39, 0.29) is 17.7 Å². The Balaban J connectivity index is 2.93. The highest BCUT2D eigenvalue weighted by atomic mass is 19.4. The van der Waals surface area contributed by atoms with Gasteiger partial charge in [0.05, 0.1) is 19.9 Å². The molecule has 2 aliphatic rings. The second kappa shape index (κ2) is 5.76. The van der Waals surface area contributed by atoms with Crippen molar-refractivity contribution in [2.75, 3.05) is 14.2 Å². The largest absolute Gasteiger partial charge is 0.468 e. The number of allylic oxidation sites excluding steroid dienone is 4. The lowest BCUT2D eigenvalue weighted by Crippen LogP contribution is -2.52. The van der Waals surface area contributed by atoms with Crippen molar-refractivity contribution >= 4 is 23.6 Å². The Morgan fingerprint density at radius 1 is 1.25 bits per heavy atom. The van der Waals surface area contributed by atoms with E-state index in [1.54, 1.807) is 5.94 Å². The number of carbonyl (C=O) groups is 2. The van der Waals surface area contributed by atoms with Gasteiger partial charge in [0.15, 0.2) is 5.71 Å². The number of nitrogens with zero attached hydrogens (tertiary/aromatic N) is 1. The molecule has 0 fully saturated rings. The molecular formula is C15H12F3NO5. The minimum absolute atomic E-state index is 0.00932. The molecule has 0 N–H and O–H groups in total. The molecule has 0 radical (unpaired) electrons. The van der Waals surface area contributed by atoms with Gasteiger partial charge in [-0.1, -0.05) is 0 Å². The summed E-state index contributed by atoms with van der Waals surface area (Å²) < 4.78 is 49.4. The Morgan fingerprint density at radius 2 is 1.79 bits per heavy atom. The monoisotopic (exact) mass is 343 g/mol. The van der Waals surface area contributed by atoms with Crippen molar-refractivity contribution in [3.8, 4) is 0 Å². The quantitative estimate of drug-likeness (QED) is 0.433. The van der Waals surface area contributed by atoms with Gasteiger partial charge < -0.3 is 9.47 Å². The number of ether oxygens (including phenoxy) is 2. The van der Waals surface area contributed by atoms with Gasteiger partial charge in [-0.2, -0.15) is 13.2 Å². The zero-order valence-corrected chi connectivity index (χ0v) is 12.9. The minimum atomic E-state index is -5.10. The van der Waals surface area contributed by atoms with Crippen molar-refractivity contribution in [2.45, 2.75) is 19.5 Å². The van der Waals surface area contributed by atoms with Crippen molar-refractivity contribution in [1.82, 2.24) is 0 Å². The van der Waals surface area contributed by atoms with Crippen LogP contribution in [0, 0.1) is 5.41 Å². The highest BCUT2D eigenvalue weighted by molar-refractivity contribution is 6.29. The van der Waals surface area contributed by atoms with Gasteiger partial charge in [0.2, 0.25) is 5.41 Å². The molecule has 0 aromatic rings. The molecule has 0 aromatic heterocycles. The van der Waals surface area contributed by atoms with Crippen LogP contribution in [0.15, 0.2) is 33.5 Å². The van der Waals surface area contributed by atoms with E-state index in [4.69, 9.17) is 0 Å². The number of halogens is 3. The summed E-state index contributed by atoms with van der Waals surface area (Å²) in [5.41, 5.74) is -4.88. The molecule has 6 nitrogen and oxygen atoms in total. The first-order valence-electron chi connectivity index (χ1n) is 6.64. The normalized spacial score (nSPS) is 19.2. The van der Waals surface area contributed by atoms with Gasteiger partial charge >= 0.3 is 18.1 Å². The number of methoxy groups -OCH3 is 2. The molecule has 1 heterocycles. The van der Waals surface area contributed by atoms with Crippen LogP contribution in [0.3, 0.4) is 0 Å². The fourth-order valence-corrected chi connectivity index (χ4v) is 2.80. The number of esters is 2.